The third kappa shape index (κ3) is 5.68. The van der Waals surface area contributed by atoms with Crippen LogP contribution in [0.15, 0.2) is 48.7 Å². The van der Waals surface area contributed by atoms with Crippen LogP contribution in [0.1, 0.15) is 11.3 Å². The fourth-order valence-corrected chi connectivity index (χ4v) is 3.01. The lowest BCUT2D eigenvalue weighted by molar-refractivity contribution is -0.124. The number of benzene rings is 1. The topological polar surface area (TPSA) is 76.0 Å². The quantitative estimate of drug-likeness (QED) is 0.421. The maximum atomic E-state index is 11.1. The van der Waals surface area contributed by atoms with Crippen molar-refractivity contribution in [2.75, 3.05) is 32.9 Å². The van der Waals surface area contributed by atoms with Crippen molar-refractivity contribution in [2.45, 2.75) is 13.1 Å². The highest BCUT2D eigenvalue weighted by Gasteiger charge is 2.13. The van der Waals surface area contributed by atoms with Gasteiger partial charge in [0, 0.05) is 43.2 Å². The minimum absolute atomic E-state index is 0.516. The third-order valence-electron chi connectivity index (χ3n) is 4.44. The van der Waals surface area contributed by atoms with E-state index in [0.29, 0.717) is 13.2 Å². The summed E-state index contributed by atoms with van der Waals surface area (Å²) in [6.07, 6.45) is 4.86. The fraction of sp³-hybridized carbons (Fsp3) is 0.350. The van der Waals surface area contributed by atoms with Gasteiger partial charge >= 0.3 is 0 Å². The molecule has 1 aromatic heterocycles. The molecule has 7 heteroatoms. The van der Waals surface area contributed by atoms with Gasteiger partial charge in [0.2, 0.25) is 0 Å². The van der Waals surface area contributed by atoms with Gasteiger partial charge in [0.25, 0.3) is 5.91 Å². The lowest BCUT2D eigenvalue weighted by Gasteiger charge is -2.27. The van der Waals surface area contributed by atoms with E-state index in [2.05, 4.69) is 11.0 Å². The van der Waals surface area contributed by atoms with Crippen LogP contribution in [0.5, 0.6) is 5.75 Å². The first-order chi connectivity index (χ1) is 13.3. The number of hydrogen-bond donors (Lipinski definition) is 2. The minimum Gasteiger partial charge on any atom is -0.491 e. The Hall–Kier alpha value is -2.61. The molecule has 0 unspecified atom stereocenters. The predicted molar refractivity (Wildman–Crippen MR) is 101 cm³/mol. The van der Waals surface area contributed by atoms with Crippen LogP contribution in [0.4, 0.5) is 0 Å². The molecule has 27 heavy (non-hydrogen) atoms. The van der Waals surface area contributed by atoms with Gasteiger partial charge in [-0.05, 0) is 24.3 Å². The van der Waals surface area contributed by atoms with Gasteiger partial charge in [0.05, 0.1) is 19.8 Å². The molecule has 0 aliphatic carbocycles. The molecule has 1 aromatic carbocycles. The van der Waals surface area contributed by atoms with Crippen LogP contribution in [0, 0.1) is 0 Å². The van der Waals surface area contributed by atoms with Crippen molar-refractivity contribution >= 4 is 12.0 Å². The largest absolute Gasteiger partial charge is 0.491 e. The van der Waals surface area contributed by atoms with Crippen molar-refractivity contribution in [2.24, 2.45) is 0 Å². The van der Waals surface area contributed by atoms with Gasteiger partial charge in [-0.25, -0.2) is 5.48 Å². The molecule has 1 amide bonds. The summed E-state index contributed by atoms with van der Waals surface area (Å²) >= 11 is 0. The summed E-state index contributed by atoms with van der Waals surface area (Å²) in [5.74, 6) is 0.337. The lowest BCUT2D eigenvalue weighted by atomic mass is 10.2. The Balaban J connectivity index is 1.56. The SMILES string of the molecule is O=C(/C=C/c1cccn1CCOc1ccccc1CN1CCOCC1)NO. The first-order valence-corrected chi connectivity index (χ1v) is 9.04. The first-order valence-electron chi connectivity index (χ1n) is 9.04. The van der Waals surface area contributed by atoms with Gasteiger partial charge in [-0.3, -0.25) is 14.9 Å². The number of para-hydroxylation sites is 1. The number of nitrogens with zero attached hydrogens (tertiary/aromatic N) is 2. The molecular weight excluding hydrogens is 346 g/mol. The standard InChI is InChI=1S/C20H25N3O4/c24-20(21-25)8-7-18-5-3-9-23(18)12-15-27-19-6-2-1-4-17(19)16-22-10-13-26-14-11-22/h1-9,25H,10-16H2,(H,21,24)/b8-7+. The number of ether oxygens (including phenoxy) is 2. The molecule has 1 saturated heterocycles. The van der Waals surface area contributed by atoms with Crippen LogP contribution in [0.25, 0.3) is 6.08 Å². The van der Waals surface area contributed by atoms with Gasteiger partial charge in [-0.1, -0.05) is 18.2 Å². The predicted octanol–water partition coefficient (Wildman–Crippen LogP) is 1.92. The van der Waals surface area contributed by atoms with E-state index in [1.165, 1.54) is 11.6 Å². The van der Waals surface area contributed by atoms with Crippen LogP contribution in [-0.2, 0) is 22.6 Å². The first kappa shape index (κ1) is 19.2. The summed E-state index contributed by atoms with van der Waals surface area (Å²) in [5, 5.41) is 8.56. The van der Waals surface area contributed by atoms with Crippen molar-refractivity contribution in [3.8, 4) is 5.75 Å². The van der Waals surface area contributed by atoms with E-state index in [-0.39, 0.29) is 0 Å². The zero-order valence-corrected chi connectivity index (χ0v) is 15.2. The van der Waals surface area contributed by atoms with Gasteiger partial charge in [0.15, 0.2) is 0 Å². The Kier molecular flexibility index (Phi) is 7.04. The van der Waals surface area contributed by atoms with Gasteiger partial charge in [-0.2, -0.15) is 0 Å². The second kappa shape index (κ2) is 9.91. The van der Waals surface area contributed by atoms with E-state index in [0.717, 1.165) is 44.3 Å². The summed E-state index contributed by atoms with van der Waals surface area (Å²) < 4.78 is 13.4. The van der Waals surface area contributed by atoms with Crippen LogP contribution < -0.4 is 10.2 Å². The Morgan fingerprint density at radius 3 is 2.85 bits per heavy atom. The molecular formula is C20H25N3O4. The third-order valence-corrected chi connectivity index (χ3v) is 4.44. The lowest BCUT2D eigenvalue weighted by Crippen LogP contribution is -2.35. The van der Waals surface area contributed by atoms with E-state index >= 15 is 0 Å². The molecule has 0 spiro atoms. The maximum Gasteiger partial charge on any atom is 0.267 e. The fourth-order valence-electron chi connectivity index (χ4n) is 3.01. The molecule has 1 fully saturated rings. The molecule has 1 aliphatic rings. The number of rotatable bonds is 8. The summed E-state index contributed by atoms with van der Waals surface area (Å²) in [5.41, 5.74) is 3.62. The van der Waals surface area contributed by atoms with E-state index in [4.69, 9.17) is 14.7 Å². The molecule has 1 aliphatic heterocycles. The van der Waals surface area contributed by atoms with E-state index in [9.17, 15) is 4.79 Å². The van der Waals surface area contributed by atoms with E-state index in [1.807, 2.05) is 41.1 Å². The highest BCUT2D eigenvalue weighted by atomic mass is 16.5. The van der Waals surface area contributed by atoms with Crippen molar-refractivity contribution in [1.29, 1.82) is 0 Å². The molecule has 7 nitrogen and oxygen atoms in total. The van der Waals surface area contributed by atoms with Gasteiger partial charge in [-0.15, -0.1) is 0 Å². The molecule has 0 radical (unpaired) electrons. The molecule has 3 rings (SSSR count). The molecule has 2 N–H and O–H groups in total. The Morgan fingerprint density at radius 1 is 1.22 bits per heavy atom. The van der Waals surface area contributed by atoms with Crippen molar-refractivity contribution in [3.63, 3.8) is 0 Å². The number of aromatic nitrogens is 1. The molecule has 2 heterocycles. The zero-order valence-electron chi connectivity index (χ0n) is 15.2. The minimum atomic E-state index is -0.559. The van der Waals surface area contributed by atoms with Crippen LogP contribution in [0.3, 0.4) is 0 Å². The number of morpholine rings is 1. The van der Waals surface area contributed by atoms with Gasteiger partial charge in [0.1, 0.15) is 12.4 Å². The molecule has 144 valence electrons. The summed E-state index contributed by atoms with van der Waals surface area (Å²) in [6.45, 7) is 5.46. The molecule has 0 bridgehead atoms. The normalized spacial score (nSPS) is 15.1. The number of hydrogen-bond acceptors (Lipinski definition) is 5. The summed E-state index contributed by atoms with van der Waals surface area (Å²) in [6, 6.07) is 11.9. The van der Waals surface area contributed by atoms with Crippen LogP contribution in [-0.4, -0.2) is 53.5 Å². The van der Waals surface area contributed by atoms with E-state index < -0.39 is 5.91 Å². The molecule has 0 atom stereocenters. The molecule has 0 saturated carbocycles. The summed E-state index contributed by atoms with van der Waals surface area (Å²) in [7, 11) is 0. The number of hydroxylamine groups is 1. The Labute approximate surface area is 158 Å². The molecule has 2 aromatic rings. The van der Waals surface area contributed by atoms with Crippen LogP contribution >= 0.6 is 0 Å². The highest BCUT2D eigenvalue weighted by Crippen LogP contribution is 2.20. The van der Waals surface area contributed by atoms with Crippen molar-refractivity contribution in [3.05, 3.63) is 59.9 Å². The Morgan fingerprint density at radius 2 is 2.04 bits per heavy atom. The van der Waals surface area contributed by atoms with Gasteiger partial charge < -0.3 is 14.0 Å². The number of amides is 1. The second-order valence-corrected chi connectivity index (χ2v) is 6.28. The average molecular weight is 371 g/mol. The zero-order chi connectivity index (χ0) is 18.9. The van der Waals surface area contributed by atoms with Crippen molar-refractivity contribution < 1.29 is 19.5 Å². The average Bonchev–Trinajstić information content (AvgIpc) is 3.15. The number of nitrogens with one attached hydrogen (secondary N) is 1. The maximum absolute atomic E-state index is 11.1. The monoisotopic (exact) mass is 371 g/mol. The van der Waals surface area contributed by atoms with E-state index in [1.54, 1.807) is 11.6 Å². The second-order valence-electron chi connectivity index (χ2n) is 6.28. The number of carbonyl (C=O) groups is 1. The Bertz CT molecular complexity index is 766. The summed E-state index contributed by atoms with van der Waals surface area (Å²) in [4.78, 5) is 13.5. The number of carbonyl (C=O) groups excluding carboxylic acids is 1. The smallest absolute Gasteiger partial charge is 0.267 e. The van der Waals surface area contributed by atoms with Crippen LogP contribution in [0.2, 0.25) is 0 Å². The highest BCUT2D eigenvalue weighted by molar-refractivity contribution is 5.90. The van der Waals surface area contributed by atoms with Crippen molar-refractivity contribution in [1.82, 2.24) is 14.9 Å².